The maximum Gasteiger partial charge on any atom is 0.289 e. The summed E-state index contributed by atoms with van der Waals surface area (Å²) in [5, 5.41) is 0.207. The summed E-state index contributed by atoms with van der Waals surface area (Å²) in [5.74, 6) is 1.35. The second-order valence-electron chi connectivity index (χ2n) is 5.36. The minimum absolute atomic E-state index is 0.159. The van der Waals surface area contributed by atoms with Gasteiger partial charge < -0.3 is 24.7 Å². The summed E-state index contributed by atoms with van der Waals surface area (Å²) >= 11 is 5.74. The number of methoxy groups -OCH3 is 1. The van der Waals surface area contributed by atoms with Crippen molar-refractivity contribution in [2.45, 2.75) is 6.42 Å². The topological polar surface area (TPSA) is 97.7 Å². The highest BCUT2D eigenvalue weighted by molar-refractivity contribution is 6.29. The molecule has 3 rings (SSSR count). The van der Waals surface area contributed by atoms with Crippen molar-refractivity contribution in [2.75, 3.05) is 43.9 Å². The highest BCUT2D eigenvalue weighted by atomic mass is 35.5. The molecule has 128 valence electrons. The zero-order valence-electron chi connectivity index (χ0n) is 13.2. The number of hydrogen-bond donors (Lipinski definition) is 1. The first kappa shape index (κ1) is 16.4. The average molecular weight is 352 g/mol. The van der Waals surface area contributed by atoms with Crippen molar-refractivity contribution in [3.05, 3.63) is 29.2 Å². The quantitative estimate of drug-likeness (QED) is 0.898. The zero-order chi connectivity index (χ0) is 17.1. The van der Waals surface area contributed by atoms with Gasteiger partial charge in [-0.3, -0.25) is 4.79 Å². The van der Waals surface area contributed by atoms with Gasteiger partial charge >= 0.3 is 0 Å². The minimum Gasteiger partial charge on any atom is -0.481 e. The number of carbonyl (C=O) groups is 1. The molecule has 0 radical (unpaired) electrons. The van der Waals surface area contributed by atoms with Gasteiger partial charge in [0.2, 0.25) is 11.8 Å². The Morgan fingerprint density at radius 2 is 2.12 bits per heavy atom. The molecule has 0 saturated carbocycles. The third-order valence-electron chi connectivity index (χ3n) is 3.81. The maximum atomic E-state index is 12.5. The van der Waals surface area contributed by atoms with Crippen LogP contribution in [0.3, 0.4) is 0 Å². The summed E-state index contributed by atoms with van der Waals surface area (Å²) in [5.41, 5.74) is 5.72. The first-order valence-corrected chi connectivity index (χ1v) is 7.92. The van der Waals surface area contributed by atoms with E-state index in [1.54, 1.807) is 23.1 Å². The molecule has 1 aliphatic rings. The van der Waals surface area contributed by atoms with Gasteiger partial charge in [-0.2, -0.15) is 9.97 Å². The van der Waals surface area contributed by atoms with Gasteiger partial charge in [-0.1, -0.05) is 0 Å². The molecule has 0 unspecified atom stereocenters. The summed E-state index contributed by atoms with van der Waals surface area (Å²) in [7, 11) is 1.53. The molecule has 0 aliphatic carbocycles. The van der Waals surface area contributed by atoms with Gasteiger partial charge in [-0.05, 0) is 30.2 Å². The number of carbonyl (C=O) groups excluding carboxylic acids is 1. The minimum atomic E-state index is -0.163. The summed E-state index contributed by atoms with van der Waals surface area (Å²) in [4.78, 5) is 24.5. The van der Waals surface area contributed by atoms with Gasteiger partial charge in [0, 0.05) is 32.2 Å². The Hall–Kier alpha value is -2.48. The summed E-state index contributed by atoms with van der Waals surface area (Å²) < 4.78 is 10.3. The molecule has 0 spiro atoms. The first-order chi connectivity index (χ1) is 11.6. The van der Waals surface area contributed by atoms with E-state index < -0.39 is 0 Å². The predicted molar refractivity (Wildman–Crippen MR) is 89.4 cm³/mol. The molecule has 1 saturated heterocycles. The Labute approximate surface area is 144 Å². The fourth-order valence-electron chi connectivity index (χ4n) is 2.63. The van der Waals surface area contributed by atoms with Gasteiger partial charge in [0.05, 0.1) is 7.11 Å². The van der Waals surface area contributed by atoms with Crippen molar-refractivity contribution in [3.8, 4) is 5.88 Å². The van der Waals surface area contributed by atoms with Crippen LogP contribution in [0.25, 0.3) is 0 Å². The molecule has 1 fully saturated rings. The molecule has 3 heterocycles. The fraction of sp³-hybridized carbons (Fsp3) is 0.400. The lowest BCUT2D eigenvalue weighted by molar-refractivity contribution is 0.0735. The summed E-state index contributed by atoms with van der Waals surface area (Å²) in [6, 6.07) is 4.89. The smallest absolute Gasteiger partial charge is 0.289 e. The first-order valence-electron chi connectivity index (χ1n) is 7.55. The number of ether oxygens (including phenoxy) is 1. The van der Waals surface area contributed by atoms with E-state index in [0.29, 0.717) is 31.3 Å². The number of rotatable bonds is 3. The molecule has 8 nitrogen and oxygen atoms in total. The molecule has 1 amide bonds. The average Bonchev–Trinajstić information content (AvgIpc) is 2.86. The van der Waals surface area contributed by atoms with Gasteiger partial charge in [-0.25, -0.2) is 0 Å². The summed E-state index contributed by atoms with van der Waals surface area (Å²) in [6.45, 7) is 2.55. The zero-order valence-corrected chi connectivity index (χ0v) is 14.0. The molecule has 0 atom stereocenters. The highest BCUT2D eigenvalue weighted by Gasteiger charge is 2.23. The monoisotopic (exact) mass is 351 g/mol. The van der Waals surface area contributed by atoms with Crippen LogP contribution in [0.2, 0.25) is 5.22 Å². The summed E-state index contributed by atoms with van der Waals surface area (Å²) in [6.07, 6.45) is 0.798. The molecule has 2 aromatic rings. The van der Waals surface area contributed by atoms with Crippen molar-refractivity contribution >= 4 is 29.3 Å². The van der Waals surface area contributed by atoms with Crippen LogP contribution in [0.4, 0.5) is 11.8 Å². The predicted octanol–water partition coefficient (Wildman–Crippen LogP) is 1.67. The SMILES string of the molecule is COc1cc(N2CCCN(C(=O)c3ccc(Cl)o3)CC2)nc(N)n1. The molecule has 0 bridgehead atoms. The van der Waals surface area contributed by atoms with Crippen LogP contribution in [0.5, 0.6) is 5.88 Å². The van der Waals surface area contributed by atoms with E-state index in [-0.39, 0.29) is 22.8 Å². The third kappa shape index (κ3) is 3.53. The Morgan fingerprint density at radius 3 is 2.83 bits per heavy atom. The standard InChI is InChI=1S/C15H18ClN5O3/c1-23-13-9-12(18-15(17)19-13)20-5-2-6-21(8-7-20)14(22)10-3-4-11(16)24-10/h3-4,9H,2,5-8H2,1H3,(H2,17,18,19). The number of furan rings is 1. The van der Waals surface area contributed by atoms with Crippen molar-refractivity contribution in [3.63, 3.8) is 0 Å². The number of anilines is 2. The normalized spacial score (nSPS) is 15.2. The Kier molecular flexibility index (Phi) is 4.75. The Balaban J connectivity index is 1.71. The van der Waals surface area contributed by atoms with Crippen LogP contribution in [0, 0.1) is 0 Å². The molecular weight excluding hydrogens is 334 g/mol. The van der Waals surface area contributed by atoms with Crippen molar-refractivity contribution in [2.24, 2.45) is 0 Å². The van der Waals surface area contributed by atoms with Crippen molar-refractivity contribution in [1.29, 1.82) is 0 Å². The third-order valence-corrected chi connectivity index (χ3v) is 4.01. The van der Waals surface area contributed by atoms with Crippen molar-refractivity contribution < 1.29 is 13.9 Å². The van der Waals surface area contributed by atoms with Crippen LogP contribution < -0.4 is 15.4 Å². The van der Waals surface area contributed by atoms with E-state index >= 15 is 0 Å². The number of nitrogens with two attached hydrogens (primary N) is 1. The van der Waals surface area contributed by atoms with Crippen molar-refractivity contribution in [1.82, 2.24) is 14.9 Å². The second kappa shape index (κ2) is 6.96. The fourth-order valence-corrected chi connectivity index (χ4v) is 2.78. The molecule has 1 aliphatic heterocycles. The van der Waals surface area contributed by atoms with E-state index in [1.165, 1.54) is 7.11 Å². The van der Waals surface area contributed by atoms with Gasteiger partial charge in [0.1, 0.15) is 5.82 Å². The van der Waals surface area contributed by atoms with Crippen LogP contribution >= 0.6 is 11.6 Å². The number of nitrogen functional groups attached to an aromatic ring is 1. The number of aromatic nitrogens is 2. The van der Waals surface area contributed by atoms with E-state index in [1.807, 2.05) is 0 Å². The number of nitrogens with zero attached hydrogens (tertiary/aromatic N) is 4. The second-order valence-corrected chi connectivity index (χ2v) is 5.74. The highest BCUT2D eigenvalue weighted by Crippen LogP contribution is 2.21. The lowest BCUT2D eigenvalue weighted by atomic mass is 10.3. The van der Waals surface area contributed by atoms with Gasteiger partial charge in [0.25, 0.3) is 5.91 Å². The van der Waals surface area contributed by atoms with E-state index in [0.717, 1.165) is 13.0 Å². The van der Waals surface area contributed by atoms with Gasteiger partial charge in [0.15, 0.2) is 11.0 Å². The van der Waals surface area contributed by atoms with Gasteiger partial charge in [-0.15, -0.1) is 0 Å². The van der Waals surface area contributed by atoms with Crippen LogP contribution in [0.15, 0.2) is 22.6 Å². The molecule has 9 heteroatoms. The van der Waals surface area contributed by atoms with E-state index in [4.69, 9.17) is 26.5 Å². The molecule has 24 heavy (non-hydrogen) atoms. The lowest BCUT2D eigenvalue weighted by Gasteiger charge is -2.22. The molecule has 0 aromatic carbocycles. The Bertz CT molecular complexity index is 736. The van der Waals surface area contributed by atoms with E-state index in [9.17, 15) is 4.79 Å². The lowest BCUT2D eigenvalue weighted by Crippen LogP contribution is -2.35. The maximum absolute atomic E-state index is 12.5. The number of halogens is 1. The van der Waals surface area contributed by atoms with Crippen LogP contribution in [-0.2, 0) is 0 Å². The molecular formula is C15H18ClN5O3. The largest absolute Gasteiger partial charge is 0.481 e. The van der Waals surface area contributed by atoms with Crippen LogP contribution in [-0.4, -0.2) is 54.1 Å². The Morgan fingerprint density at radius 1 is 1.29 bits per heavy atom. The molecule has 2 aromatic heterocycles. The van der Waals surface area contributed by atoms with Crippen LogP contribution in [0.1, 0.15) is 17.0 Å². The number of amides is 1. The number of hydrogen-bond acceptors (Lipinski definition) is 7. The molecule has 2 N–H and O–H groups in total. The van der Waals surface area contributed by atoms with E-state index in [2.05, 4.69) is 14.9 Å².